The van der Waals surface area contributed by atoms with E-state index in [1.54, 1.807) is 13.1 Å². The molecular formula is C20H24N6O. The van der Waals surface area contributed by atoms with Crippen LogP contribution < -0.4 is 10.2 Å². The van der Waals surface area contributed by atoms with E-state index in [9.17, 15) is 4.79 Å². The summed E-state index contributed by atoms with van der Waals surface area (Å²) < 4.78 is 1.85. The highest BCUT2D eigenvalue weighted by Gasteiger charge is 2.17. The van der Waals surface area contributed by atoms with Gasteiger partial charge in [0.05, 0.1) is 11.9 Å². The molecule has 1 saturated heterocycles. The number of fused-ring (bicyclic) bond motifs is 1. The Morgan fingerprint density at radius 2 is 1.96 bits per heavy atom. The minimum absolute atomic E-state index is 0.0114. The third-order valence-electron chi connectivity index (χ3n) is 4.92. The van der Waals surface area contributed by atoms with Gasteiger partial charge in [-0.05, 0) is 39.0 Å². The summed E-state index contributed by atoms with van der Waals surface area (Å²) in [6, 6.07) is 6.06. The maximum absolute atomic E-state index is 12.2. The zero-order chi connectivity index (χ0) is 19.0. The van der Waals surface area contributed by atoms with Crippen LogP contribution in [0.2, 0.25) is 0 Å². The number of anilines is 1. The first kappa shape index (κ1) is 17.6. The van der Waals surface area contributed by atoms with Crippen molar-refractivity contribution in [3.05, 3.63) is 36.2 Å². The maximum atomic E-state index is 12.2. The van der Waals surface area contributed by atoms with Crippen molar-refractivity contribution >= 4 is 22.6 Å². The first-order chi connectivity index (χ1) is 13.0. The van der Waals surface area contributed by atoms with Crippen LogP contribution in [0.4, 0.5) is 5.82 Å². The molecule has 4 rings (SSSR count). The standard InChI is InChI=1S/C20H24N6O/c1-13(2)26-20-17(12-23-26)16(14(3)27)10-18(24-20)15-4-5-19(22-11-15)25-8-6-21-7-9-25/h4-5,10-13,21H,6-9H2,1-3H3. The minimum Gasteiger partial charge on any atom is -0.354 e. The molecule has 0 bridgehead atoms. The lowest BCUT2D eigenvalue weighted by Crippen LogP contribution is -2.43. The molecule has 0 spiro atoms. The number of carbonyl (C=O) groups excluding carboxylic acids is 1. The lowest BCUT2D eigenvalue weighted by Gasteiger charge is -2.28. The monoisotopic (exact) mass is 364 g/mol. The van der Waals surface area contributed by atoms with Crippen LogP contribution in [0.1, 0.15) is 37.2 Å². The summed E-state index contributed by atoms with van der Waals surface area (Å²) in [4.78, 5) is 23.9. The van der Waals surface area contributed by atoms with E-state index in [1.165, 1.54) is 0 Å². The summed E-state index contributed by atoms with van der Waals surface area (Å²) in [5, 5.41) is 8.57. The summed E-state index contributed by atoms with van der Waals surface area (Å²) in [5.74, 6) is 0.984. The molecule has 7 heteroatoms. The van der Waals surface area contributed by atoms with Gasteiger partial charge in [-0.1, -0.05) is 0 Å². The fourth-order valence-electron chi connectivity index (χ4n) is 3.45. The Labute approximate surface area is 158 Å². The Bertz CT molecular complexity index is 970. The van der Waals surface area contributed by atoms with Gasteiger partial charge in [-0.2, -0.15) is 5.10 Å². The van der Waals surface area contributed by atoms with Gasteiger partial charge < -0.3 is 10.2 Å². The highest BCUT2D eigenvalue weighted by Crippen LogP contribution is 2.27. The smallest absolute Gasteiger partial charge is 0.160 e. The van der Waals surface area contributed by atoms with E-state index in [0.29, 0.717) is 5.56 Å². The molecule has 0 radical (unpaired) electrons. The highest BCUT2D eigenvalue weighted by molar-refractivity contribution is 6.06. The molecule has 0 aliphatic carbocycles. The summed E-state index contributed by atoms with van der Waals surface area (Å²) in [7, 11) is 0. The van der Waals surface area contributed by atoms with Gasteiger partial charge in [0.1, 0.15) is 5.82 Å². The molecule has 7 nitrogen and oxygen atoms in total. The average Bonchev–Trinajstić information content (AvgIpc) is 3.12. The summed E-state index contributed by atoms with van der Waals surface area (Å²) >= 11 is 0. The number of carbonyl (C=O) groups is 1. The van der Waals surface area contributed by atoms with Crippen LogP contribution in [0, 0.1) is 0 Å². The van der Waals surface area contributed by atoms with E-state index in [0.717, 1.165) is 54.3 Å². The van der Waals surface area contributed by atoms with E-state index in [4.69, 9.17) is 4.98 Å². The van der Waals surface area contributed by atoms with Crippen molar-refractivity contribution in [1.29, 1.82) is 0 Å². The quantitative estimate of drug-likeness (QED) is 0.718. The molecule has 3 aromatic heterocycles. The zero-order valence-corrected chi connectivity index (χ0v) is 15.9. The molecule has 140 valence electrons. The predicted octanol–water partition coefficient (Wildman–Crippen LogP) is 2.69. The Morgan fingerprint density at radius 1 is 1.19 bits per heavy atom. The topological polar surface area (TPSA) is 75.9 Å². The molecule has 0 saturated carbocycles. The number of piperazine rings is 1. The van der Waals surface area contributed by atoms with E-state index in [2.05, 4.69) is 34.1 Å². The molecule has 27 heavy (non-hydrogen) atoms. The van der Waals surface area contributed by atoms with Crippen molar-refractivity contribution in [1.82, 2.24) is 25.1 Å². The Kier molecular flexibility index (Phi) is 4.61. The van der Waals surface area contributed by atoms with Gasteiger partial charge in [0.2, 0.25) is 0 Å². The van der Waals surface area contributed by atoms with Gasteiger partial charge in [-0.3, -0.25) is 4.79 Å². The van der Waals surface area contributed by atoms with Crippen molar-refractivity contribution in [2.75, 3.05) is 31.1 Å². The van der Waals surface area contributed by atoms with Crippen LogP contribution in [0.25, 0.3) is 22.3 Å². The molecule has 3 aromatic rings. The number of Topliss-reactive ketones (excluding diaryl/α,β-unsaturated/α-hetero) is 1. The van der Waals surface area contributed by atoms with E-state index < -0.39 is 0 Å². The SMILES string of the molecule is CC(=O)c1cc(-c2ccc(N3CCNCC3)nc2)nc2c1cnn2C(C)C. The molecule has 1 aliphatic heterocycles. The van der Waals surface area contributed by atoms with Crippen molar-refractivity contribution in [3.8, 4) is 11.3 Å². The van der Waals surface area contributed by atoms with Crippen molar-refractivity contribution in [2.45, 2.75) is 26.8 Å². The number of rotatable bonds is 4. The molecule has 1 aliphatic rings. The molecule has 1 fully saturated rings. The largest absolute Gasteiger partial charge is 0.354 e. The van der Waals surface area contributed by atoms with Gasteiger partial charge in [0.25, 0.3) is 0 Å². The van der Waals surface area contributed by atoms with E-state index >= 15 is 0 Å². The first-order valence-corrected chi connectivity index (χ1v) is 9.36. The van der Waals surface area contributed by atoms with E-state index in [-0.39, 0.29) is 11.8 Å². The van der Waals surface area contributed by atoms with Crippen molar-refractivity contribution < 1.29 is 4.79 Å². The van der Waals surface area contributed by atoms with Gasteiger partial charge in [0, 0.05) is 54.9 Å². The van der Waals surface area contributed by atoms with Crippen LogP contribution >= 0.6 is 0 Å². The van der Waals surface area contributed by atoms with Crippen LogP contribution in [-0.2, 0) is 0 Å². The second-order valence-electron chi connectivity index (χ2n) is 7.17. The normalized spacial score (nSPS) is 14.9. The molecule has 0 aromatic carbocycles. The molecule has 0 amide bonds. The fourth-order valence-corrected chi connectivity index (χ4v) is 3.45. The van der Waals surface area contributed by atoms with Gasteiger partial charge >= 0.3 is 0 Å². The third kappa shape index (κ3) is 3.30. The third-order valence-corrected chi connectivity index (χ3v) is 4.92. The number of nitrogens with one attached hydrogen (secondary N) is 1. The number of ketones is 1. The number of nitrogens with zero attached hydrogens (tertiary/aromatic N) is 5. The lowest BCUT2D eigenvalue weighted by molar-refractivity contribution is 0.101. The highest BCUT2D eigenvalue weighted by atomic mass is 16.1. The van der Waals surface area contributed by atoms with Crippen molar-refractivity contribution in [2.24, 2.45) is 0 Å². The Morgan fingerprint density at radius 3 is 2.59 bits per heavy atom. The van der Waals surface area contributed by atoms with E-state index in [1.807, 2.05) is 29.1 Å². The van der Waals surface area contributed by atoms with Crippen LogP contribution in [0.3, 0.4) is 0 Å². The number of hydrogen-bond donors (Lipinski definition) is 1. The zero-order valence-electron chi connectivity index (χ0n) is 15.9. The van der Waals surface area contributed by atoms with Gasteiger partial charge in [-0.15, -0.1) is 0 Å². The van der Waals surface area contributed by atoms with Gasteiger partial charge in [-0.25, -0.2) is 14.6 Å². The Balaban J connectivity index is 1.76. The van der Waals surface area contributed by atoms with Crippen LogP contribution in [-0.4, -0.2) is 51.7 Å². The summed E-state index contributed by atoms with van der Waals surface area (Å²) in [6.45, 7) is 9.55. The first-order valence-electron chi connectivity index (χ1n) is 9.36. The fraction of sp³-hybridized carbons (Fsp3) is 0.400. The molecule has 1 N–H and O–H groups in total. The second-order valence-corrected chi connectivity index (χ2v) is 7.17. The van der Waals surface area contributed by atoms with Crippen molar-refractivity contribution in [3.63, 3.8) is 0 Å². The predicted molar refractivity (Wildman–Crippen MR) is 106 cm³/mol. The second kappa shape index (κ2) is 7.08. The van der Waals surface area contributed by atoms with Crippen LogP contribution in [0.5, 0.6) is 0 Å². The van der Waals surface area contributed by atoms with Gasteiger partial charge in [0.15, 0.2) is 11.4 Å². The summed E-state index contributed by atoms with van der Waals surface area (Å²) in [5.41, 5.74) is 3.02. The average molecular weight is 364 g/mol. The number of pyridine rings is 2. The number of hydrogen-bond acceptors (Lipinski definition) is 6. The number of aromatic nitrogens is 4. The lowest BCUT2D eigenvalue weighted by atomic mass is 10.1. The maximum Gasteiger partial charge on any atom is 0.160 e. The Hall–Kier alpha value is -2.80. The molecule has 4 heterocycles. The minimum atomic E-state index is 0.0114. The van der Waals surface area contributed by atoms with Crippen LogP contribution in [0.15, 0.2) is 30.6 Å². The molecule has 0 atom stereocenters. The summed E-state index contributed by atoms with van der Waals surface area (Å²) in [6.07, 6.45) is 3.57. The molecular weight excluding hydrogens is 340 g/mol. The molecule has 0 unspecified atom stereocenters.